The van der Waals surface area contributed by atoms with Gasteiger partial charge in [0.1, 0.15) is 12.1 Å². The van der Waals surface area contributed by atoms with E-state index in [-0.39, 0.29) is 23.8 Å². The highest BCUT2D eigenvalue weighted by Crippen LogP contribution is 2.64. The molecule has 158 valence electrons. The van der Waals surface area contributed by atoms with E-state index >= 15 is 0 Å². The van der Waals surface area contributed by atoms with Crippen LogP contribution in [0.1, 0.15) is 40.5 Å². The van der Waals surface area contributed by atoms with Crippen LogP contribution in [0.2, 0.25) is 0 Å². The van der Waals surface area contributed by atoms with Gasteiger partial charge in [-0.3, -0.25) is 14.4 Å². The lowest BCUT2D eigenvalue weighted by atomic mass is 9.99. The minimum absolute atomic E-state index is 0.0464. The van der Waals surface area contributed by atoms with Crippen LogP contribution in [0.15, 0.2) is 0 Å². The molecular weight excluding hydrogens is 379 g/mol. The molecule has 1 aliphatic heterocycles. The number of hydrogen-bond donors (Lipinski definition) is 2. The summed E-state index contributed by atoms with van der Waals surface area (Å²) in [5, 5.41) is 1.76. The second kappa shape index (κ2) is 6.33. The van der Waals surface area contributed by atoms with E-state index < -0.39 is 47.7 Å². The largest absolute Gasteiger partial charge is 0.471 e. The van der Waals surface area contributed by atoms with Crippen molar-refractivity contribution in [2.75, 3.05) is 6.54 Å². The lowest BCUT2D eigenvalue weighted by Gasteiger charge is -2.35. The van der Waals surface area contributed by atoms with Crippen molar-refractivity contribution in [3.63, 3.8) is 0 Å². The first-order valence-electron chi connectivity index (χ1n) is 9.34. The minimum Gasteiger partial charge on any atom is -0.370 e. The number of carbonyl (C=O) groups excluding carboxylic acids is 3. The average Bonchev–Trinajstić information content (AvgIpc) is 3.31. The number of rotatable bonds is 6. The van der Waals surface area contributed by atoms with Gasteiger partial charge in [0.05, 0.1) is 11.7 Å². The number of primary amides is 1. The van der Waals surface area contributed by atoms with E-state index in [9.17, 15) is 27.6 Å². The number of nitrogens with one attached hydrogen (secondary N) is 1. The number of ether oxygens (including phenoxy) is 1. The van der Waals surface area contributed by atoms with Crippen LogP contribution >= 0.6 is 0 Å². The smallest absolute Gasteiger partial charge is 0.370 e. The molecule has 0 aromatic carbocycles. The Bertz CT molecular complexity index is 705. The highest BCUT2D eigenvalue weighted by atomic mass is 19.4. The van der Waals surface area contributed by atoms with Crippen molar-refractivity contribution < 1.29 is 32.3 Å². The number of likely N-dealkylation sites (tertiary alicyclic amines) is 1. The molecule has 3 fully saturated rings. The lowest BCUT2D eigenvalue weighted by Crippen LogP contribution is -2.60. The number of nitrogens with zero attached hydrogens (tertiary/aromatic N) is 1. The summed E-state index contributed by atoms with van der Waals surface area (Å²) in [4.78, 5) is 37.8. The van der Waals surface area contributed by atoms with E-state index in [4.69, 9.17) is 10.5 Å². The maximum Gasteiger partial charge on any atom is 0.471 e. The highest BCUT2D eigenvalue weighted by molar-refractivity contribution is 5.94. The molecular formula is C18H26F3N3O4. The van der Waals surface area contributed by atoms with Gasteiger partial charge >= 0.3 is 12.1 Å². The zero-order valence-electron chi connectivity index (χ0n) is 16.3. The molecule has 3 N–H and O–H groups in total. The summed E-state index contributed by atoms with van der Waals surface area (Å²) in [5.41, 5.74) is 4.81. The van der Waals surface area contributed by atoms with Gasteiger partial charge in [-0.1, -0.05) is 13.8 Å². The number of halogens is 3. The number of fused-ring (bicyclic) bond motifs is 1. The van der Waals surface area contributed by atoms with Crippen LogP contribution in [0.5, 0.6) is 0 Å². The lowest BCUT2D eigenvalue weighted by molar-refractivity contribution is -0.177. The van der Waals surface area contributed by atoms with Crippen molar-refractivity contribution in [1.82, 2.24) is 10.2 Å². The van der Waals surface area contributed by atoms with Crippen LogP contribution in [0.4, 0.5) is 13.2 Å². The van der Waals surface area contributed by atoms with Gasteiger partial charge in [-0.15, -0.1) is 0 Å². The Hall–Kier alpha value is -1.84. The van der Waals surface area contributed by atoms with Crippen LogP contribution in [0, 0.1) is 17.3 Å². The molecule has 3 aliphatic rings. The molecule has 3 unspecified atom stereocenters. The number of hydrogen-bond acceptors (Lipinski definition) is 4. The molecule has 28 heavy (non-hydrogen) atoms. The first-order chi connectivity index (χ1) is 12.7. The molecule has 5 atom stereocenters. The summed E-state index contributed by atoms with van der Waals surface area (Å²) in [7, 11) is 0. The number of nitrogens with two attached hydrogens (primary N) is 1. The van der Waals surface area contributed by atoms with Gasteiger partial charge in [0.15, 0.2) is 0 Å². The van der Waals surface area contributed by atoms with E-state index in [0.29, 0.717) is 0 Å². The standard InChI is InChI=1S/C18H26F3N3O4/c1-8(28-17(4)5-6-17)11(23-15(27)18(19,20)21)14(26)24-7-9-10(16(9,2)3)12(24)13(22)25/h8-12H,5-7H2,1-4H3,(H2,22,25)(H,23,27)/t8-,9?,10?,11+,12?/m1/s1. The molecule has 2 saturated carbocycles. The van der Waals surface area contributed by atoms with Crippen LogP contribution in [-0.4, -0.2) is 59.1 Å². The Morgan fingerprint density at radius 1 is 1.21 bits per heavy atom. The van der Waals surface area contributed by atoms with Crippen LogP contribution in [0.25, 0.3) is 0 Å². The molecule has 0 aromatic rings. The highest BCUT2D eigenvalue weighted by Gasteiger charge is 2.69. The van der Waals surface area contributed by atoms with Gasteiger partial charge < -0.3 is 20.7 Å². The van der Waals surface area contributed by atoms with Crippen molar-refractivity contribution >= 4 is 17.7 Å². The number of piperidine rings is 1. The third-order valence-corrected chi connectivity index (χ3v) is 6.49. The van der Waals surface area contributed by atoms with Gasteiger partial charge in [-0.05, 0) is 43.9 Å². The Morgan fingerprint density at radius 3 is 2.25 bits per heavy atom. The molecule has 2 aliphatic carbocycles. The van der Waals surface area contributed by atoms with E-state index in [0.717, 1.165) is 12.8 Å². The Labute approximate surface area is 161 Å². The van der Waals surface area contributed by atoms with Crippen LogP contribution in [-0.2, 0) is 19.1 Å². The maximum absolute atomic E-state index is 13.1. The molecule has 0 radical (unpaired) electrons. The molecule has 0 bridgehead atoms. The molecule has 1 saturated heterocycles. The molecule has 7 nitrogen and oxygen atoms in total. The van der Waals surface area contributed by atoms with Crippen molar-refractivity contribution in [1.29, 1.82) is 0 Å². The number of amides is 3. The Balaban J connectivity index is 1.81. The van der Waals surface area contributed by atoms with Crippen LogP contribution < -0.4 is 11.1 Å². The zero-order chi connectivity index (χ0) is 21.2. The fraction of sp³-hybridized carbons (Fsp3) is 0.833. The molecule has 0 aromatic heterocycles. The summed E-state index contributed by atoms with van der Waals surface area (Å²) >= 11 is 0. The van der Waals surface area contributed by atoms with Gasteiger partial charge in [-0.25, -0.2) is 0 Å². The second-order valence-corrected chi connectivity index (χ2v) is 9.01. The molecule has 3 amide bonds. The fourth-order valence-corrected chi connectivity index (χ4v) is 4.43. The molecule has 1 heterocycles. The number of carbonyl (C=O) groups is 3. The SMILES string of the molecule is C[C@@H](OC1(C)CC1)[C@H](NC(=O)C(F)(F)F)C(=O)N1CC2C(C1C(N)=O)C2(C)C. The predicted octanol–water partition coefficient (Wildman–Crippen LogP) is 0.959. The first-order valence-corrected chi connectivity index (χ1v) is 9.34. The van der Waals surface area contributed by atoms with Gasteiger partial charge in [0, 0.05) is 6.54 Å². The maximum atomic E-state index is 13.1. The predicted molar refractivity (Wildman–Crippen MR) is 91.6 cm³/mol. The summed E-state index contributed by atoms with van der Waals surface area (Å²) in [6.45, 7) is 7.37. The zero-order valence-corrected chi connectivity index (χ0v) is 16.3. The quantitative estimate of drug-likeness (QED) is 0.687. The third kappa shape index (κ3) is 3.58. The van der Waals surface area contributed by atoms with Gasteiger partial charge in [-0.2, -0.15) is 13.2 Å². The summed E-state index contributed by atoms with van der Waals surface area (Å²) < 4.78 is 44.1. The molecule has 10 heteroatoms. The summed E-state index contributed by atoms with van der Waals surface area (Å²) in [5.74, 6) is -3.78. The van der Waals surface area contributed by atoms with Crippen LogP contribution in [0.3, 0.4) is 0 Å². The summed E-state index contributed by atoms with van der Waals surface area (Å²) in [6, 6.07) is -2.46. The van der Waals surface area contributed by atoms with Crippen molar-refractivity contribution in [3.05, 3.63) is 0 Å². The van der Waals surface area contributed by atoms with E-state index in [1.165, 1.54) is 11.8 Å². The Kier molecular flexibility index (Phi) is 4.72. The van der Waals surface area contributed by atoms with Crippen molar-refractivity contribution in [3.8, 4) is 0 Å². The third-order valence-electron chi connectivity index (χ3n) is 6.49. The minimum atomic E-state index is -5.14. The van der Waals surface area contributed by atoms with E-state index in [1.54, 1.807) is 12.2 Å². The van der Waals surface area contributed by atoms with E-state index in [2.05, 4.69) is 0 Å². The monoisotopic (exact) mass is 405 g/mol. The molecule has 0 spiro atoms. The first kappa shape index (κ1) is 20.9. The van der Waals surface area contributed by atoms with E-state index in [1.807, 2.05) is 13.8 Å². The summed E-state index contributed by atoms with van der Waals surface area (Å²) in [6.07, 6.45) is -4.70. The number of alkyl halides is 3. The van der Waals surface area contributed by atoms with Gasteiger partial charge in [0.25, 0.3) is 0 Å². The van der Waals surface area contributed by atoms with Crippen molar-refractivity contribution in [2.45, 2.75) is 70.5 Å². The topological polar surface area (TPSA) is 102 Å². The second-order valence-electron chi connectivity index (χ2n) is 9.01. The Morgan fingerprint density at radius 2 is 1.79 bits per heavy atom. The van der Waals surface area contributed by atoms with Crippen molar-refractivity contribution in [2.24, 2.45) is 23.0 Å². The normalized spacial score (nSPS) is 31.5. The average molecular weight is 405 g/mol. The molecule has 3 rings (SSSR count). The fourth-order valence-electron chi connectivity index (χ4n) is 4.43. The van der Waals surface area contributed by atoms with Gasteiger partial charge in [0.2, 0.25) is 11.8 Å².